The molecule has 8 heteroatoms. The third-order valence-corrected chi connectivity index (χ3v) is 6.43. The van der Waals surface area contributed by atoms with Gasteiger partial charge in [0.1, 0.15) is 17.8 Å². The van der Waals surface area contributed by atoms with E-state index >= 15 is 0 Å². The second-order valence-electron chi connectivity index (χ2n) is 7.88. The summed E-state index contributed by atoms with van der Waals surface area (Å²) in [5.41, 5.74) is 0.951. The van der Waals surface area contributed by atoms with Crippen molar-refractivity contribution in [2.24, 2.45) is 5.41 Å². The van der Waals surface area contributed by atoms with Crippen LogP contribution < -0.4 is 10.2 Å². The molecule has 1 aliphatic heterocycles. The van der Waals surface area contributed by atoms with Gasteiger partial charge in [0.15, 0.2) is 0 Å². The summed E-state index contributed by atoms with van der Waals surface area (Å²) < 4.78 is 13.7. The van der Waals surface area contributed by atoms with Crippen molar-refractivity contribution in [3.05, 3.63) is 52.8 Å². The normalized spacial score (nSPS) is 24.2. The van der Waals surface area contributed by atoms with Gasteiger partial charge in [0, 0.05) is 18.8 Å². The lowest BCUT2D eigenvalue weighted by Crippen LogP contribution is -2.44. The number of halogens is 2. The van der Waals surface area contributed by atoms with Gasteiger partial charge in [-0.25, -0.2) is 14.4 Å². The topological polar surface area (TPSA) is 75.2 Å². The van der Waals surface area contributed by atoms with Crippen molar-refractivity contribution in [1.29, 1.82) is 0 Å². The molecule has 1 saturated carbocycles. The summed E-state index contributed by atoms with van der Waals surface area (Å²) in [7, 11) is 0. The molecule has 2 heterocycles. The van der Waals surface area contributed by atoms with Crippen LogP contribution in [0.15, 0.2) is 30.7 Å². The van der Waals surface area contributed by atoms with Crippen LogP contribution in [0.5, 0.6) is 0 Å². The van der Waals surface area contributed by atoms with Gasteiger partial charge in [-0.2, -0.15) is 0 Å². The highest BCUT2D eigenvalue weighted by atomic mass is 35.5. The predicted octanol–water partition coefficient (Wildman–Crippen LogP) is 3.67. The molecule has 4 rings (SSSR count). The van der Waals surface area contributed by atoms with Gasteiger partial charge in [-0.15, -0.1) is 0 Å². The number of rotatable bonds is 3. The zero-order valence-electron chi connectivity index (χ0n) is 16.1. The number of nitrogens with one attached hydrogen (secondary N) is 1. The van der Waals surface area contributed by atoms with Crippen LogP contribution in [0.3, 0.4) is 0 Å². The van der Waals surface area contributed by atoms with Gasteiger partial charge in [-0.3, -0.25) is 9.59 Å². The molecule has 29 heavy (non-hydrogen) atoms. The molecule has 6 nitrogen and oxygen atoms in total. The summed E-state index contributed by atoms with van der Waals surface area (Å²) in [6, 6.07) is 4.50. The first-order chi connectivity index (χ1) is 13.9. The van der Waals surface area contributed by atoms with Gasteiger partial charge < -0.3 is 10.2 Å². The molecule has 1 spiro atoms. The Morgan fingerprint density at radius 1 is 1.31 bits per heavy atom. The second kappa shape index (κ2) is 7.71. The number of aryl methyl sites for hydroxylation is 1. The van der Waals surface area contributed by atoms with Crippen molar-refractivity contribution in [3.63, 3.8) is 0 Å². The first-order valence-electron chi connectivity index (χ1n) is 9.74. The maximum Gasteiger partial charge on any atom is 0.270 e. The minimum absolute atomic E-state index is 0.0154. The van der Waals surface area contributed by atoms with E-state index in [0.717, 1.165) is 19.3 Å². The number of amides is 2. The fourth-order valence-corrected chi connectivity index (χ4v) is 4.61. The third kappa shape index (κ3) is 3.71. The average Bonchev–Trinajstić information content (AvgIpc) is 3.03. The van der Waals surface area contributed by atoms with Crippen molar-refractivity contribution in [1.82, 2.24) is 15.3 Å². The molecule has 152 valence electrons. The quantitative estimate of drug-likeness (QED) is 0.828. The van der Waals surface area contributed by atoms with Crippen molar-refractivity contribution in [2.45, 2.75) is 45.1 Å². The maximum atomic E-state index is 13.7. The van der Waals surface area contributed by atoms with E-state index < -0.39 is 5.41 Å². The standard InChI is InChI=1S/C21H22ClFN4O2/c1-13-10-18(15(22)11-16(13)23)27-9-7-21(20(27)29)5-2-14(3-6-21)26-19(28)17-4-8-24-12-25-17/h4,8,10-12,14H,2-3,5-7,9H2,1H3,(H,26,28)/t14-,21-. The fourth-order valence-electron chi connectivity index (χ4n) is 4.36. The minimum Gasteiger partial charge on any atom is -0.348 e. The lowest BCUT2D eigenvalue weighted by molar-refractivity contribution is -0.127. The third-order valence-electron chi connectivity index (χ3n) is 6.12. The summed E-state index contributed by atoms with van der Waals surface area (Å²) in [5, 5.41) is 3.26. The van der Waals surface area contributed by atoms with Crippen LogP contribution >= 0.6 is 11.6 Å². The summed E-state index contributed by atoms with van der Waals surface area (Å²) in [5.74, 6) is -0.549. The summed E-state index contributed by atoms with van der Waals surface area (Å²) in [6.07, 6.45) is 6.48. The number of benzene rings is 1. The zero-order chi connectivity index (χ0) is 20.6. The highest BCUT2D eigenvalue weighted by Gasteiger charge is 2.49. The molecule has 0 atom stereocenters. The molecule has 1 aromatic heterocycles. The van der Waals surface area contributed by atoms with E-state index in [1.165, 1.54) is 18.6 Å². The maximum absolute atomic E-state index is 13.7. The van der Waals surface area contributed by atoms with E-state index in [-0.39, 0.29) is 28.7 Å². The number of carbonyl (C=O) groups is 2. The Labute approximate surface area is 173 Å². The molecule has 0 radical (unpaired) electrons. The van der Waals surface area contributed by atoms with E-state index in [1.807, 2.05) is 0 Å². The lowest BCUT2D eigenvalue weighted by atomic mass is 9.71. The van der Waals surface area contributed by atoms with Crippen LogP contribution in [0.1, 0.15) is 48.2 Å². The molecule has 1 aromatic carbocycles. The van der Waals surface area contributed by atoms with Crippen LogP contribution in [-0.4, -0.2) is 34.4 Å². The first kappa shape index (κ1) is 19.8. The van der Waals surface area contributed by atoms with Gasteiger partial charge in [0.2, 0.25) is 5.91 Å². The van der Waals surface area contributed by atoms with E-state index in [2.05, 4.69) is 15.3 Å². The van der Waals surface area contributed by atoms with Crippen molar-refractivity contribution in [3.8, 4) is 0 Å². The van der Waals surface area contributed by atoms with Gasteiger partial charge in [0.25, 0.3) is 5.91 Å². The van der Waals surface area contributed by atoms with Crippen molar-refractivity contribution < 1.29 is 14.0 Å². The van der Waals surface area contributed by atoms with E-state index in [4.69, 9.17) is 11.6 Å². The number of aromatic nitrogens is 2. The fraction of sp³-hybridized carbons (Fsp3) is 0.429. The average molecular weight is 417 g/mol. The predicted molar refractivity (Wildman–Crippen MR) is 107 cm³/mol. The molecule has 2 aliphatic rings. The molecular formula is C21H22ClFN4O2. The smallest absolute Gasteiger partial charge is 0.270 e. The van der Waals surface area contributed by atoms with Crippen molar-refractivity contribution >= 4 is 29.1 Å². The van der Waals surface area contributed by atoms with E-state index in [0.29, 0.717) is 36.3 Å². The van der Waals surface area contributed by atoms with Gasteiger partial charge in [-0.05, 0) is 62.8 Å². The largest absolute Gasteiger partial charge is 0.348 e. The molecular weight excluding hydrogens is 395 g/mol. The summed E-state index contributed by atoms with van der Waals surface area (Å²) in [6.45, 7) is 2.23. The Balaban J connectivity index is 1.42. The van der Waals surface area contributed by atoms with Crippen LogP contribution in [-0.2, 0) is 4.79 Å². The Hall–Kier alpha value is -2.54. The van der Waals surface area contributed by atoms with Gasteiger partial charge in [-0.1, -0.05) is 11.6 Å². The molecule has 2 fully saturated rings. The number of hydrogen-bond acceptors (Lipinski definition) is 4. The first-order valence-corrected chi connectivity index (χ1v) is 10.1. The zero-order valence-corrected chi connectivity index (χ0v) is 16.9. The monoisotopic (exact) mass is 416 g/mol. The molecule has 1 aliphatic carbocycles. The summed E-state index contributed by atoms with van der Waals surface area (Å²) >= 11 is 6.22. The number of nitrogens with zero attached hydrogens (tertiary/aromatic N) is 3. The minimum atomic E-state index is -0.429. The van der Waals surface area contributed by atoms with Crippen LogP contribution in [0.4, 0.5) is 10.1 Å². The van der Waals surface area contributed by atoms with E-state index in [9.17, 15) is 14.0 Å². The SMILES string of the molecule is Cc1cc(N2CC[C@]3(CC[C@@H](NC(=O)c4ccncn4)CC3)C2=O)c(Cl)cc1F. The van der Waals surface area contributed by atoms with Gasteiger partial charge in [0.05, 0.1) is 16.1 Å². The molecule has 2 amide bonds. The number of anilines is 1. The van der Waals surface area contributed by atoms with Crippen LogP contribution in [0.25, 0.3) is 0 Å². The Bertz CT molecular complexity index is 945. The van der Waals surface area contributed by atoms with Crippen LogP contribution in [0.2, 0.25) is 5.02 Å². The second-order valence-corrected chi connectivity index (χ2v) is 8.29. The highest BCUT2D eigenvalue weighted by Crippen LogP contribution is 2.47. The highest BCUT2D eigenvalue weighted by molar-refractivity contribution is 6.34. The molecule has 1 saturated heterocycles. The molecule has 2 aromatic rings. The Morgan fingerprint density at radius 2 is 2.07 bits per heavy atom. The molecule has 0 unspecified atom stereocenters. The van der Waals surface area contributed by atoms with Crippen molar-refractivity contribution in [2.75, 3.05) is 11.4 Å². The van der Waals surface area contributed by atoms with Crippen LogP contribution in [0, 0.1) is 18.2 Å². The lowest BCUT2D eigenvalue weighted by Gasteiger charge is -2.36. The molecule has 0 bridgehead atoms. The summed E-state index contributed by atoms with van der Waals surface area (Å²) in [4.78, 5) is 35.0. The number of hydrogen-bond donors (Lipinski definition) is 1. The Morgan fingerprint density at radius 3 is 2.76 bits per heavy atom. The number of carbonyl (C=O) groups excluding carboxylic acids is 2. The van der Waals surface area contributed by atoms with E-state index in [1.54, 1.807) is 24.0 Å². The molecule has 1 N–H and O–H groups in total. The Kier molecular flexibility index (Phi) is 5.25. The van der Waals surface area contributed by atoms with Gasteiger partial charge >= 0.3 is 0 Å².